The molecule has 1 heterocycles. The van der Waals surface area contributed by atoms with Crippen LogP contribution in [0.1, 0.15) is 35.3 Å². The fraction of sp³-hybridized carbons (Fsp3) is 0.120. The summed E-state index contributed by atoms with van der Waals surface area (Å²) in [5.74, 6) is -0.887. The molecule has 33 heavy (non-hydrogen) atoms. The molecule has 168 valence electrons. The van der Waals surface area contributed by atoms with Crippen molar-refractivity contribution in [2.24, 2.45) is 0 Å². The second-order valence-electron chi connectivity index (χ2n) is 7.35. The molecule has 4 aromatic rings. The number of halogens is 1. The van der Waals surface area contributed by atoms with Gasteiger partial charge in [-0.25, -0.2) is 12.9 Å². The largest absolute Gasteiger partial charge is 0.345 e. The number of hydrogen-bond donors (Lipinski definition) is 2. The van der Waals surface area contributed by atoms with Crippen LogP contribution in [0, 0.1) is 5.82 Å². The minimum Gasteiger partial charge on any atom is -0.345 e. The normalized spacial score (nSPS) is 12.8. The van der Waals surface area contributed by atoms with Gasteiger partial charge < -0.3 is 5.32 Å². The number of fused-ring (bicyclic) bond motifs is 1. The molecule has 0 saturated heterocycles. The average molecular weight is 464 g/mol. The Morgan fingerprint density at radius 1 is 1.03 bits per heavy atom. The van der Waals surface area contributed by atoms with Gasteiger partial charge in [0.05, 0.1) is 28.5 Å². The van der Waals surface area contributed by atoms with Gasteiger partial charge in [-0.3, -0.25) is 14.3 Å². The third-order valence-corrected chi connectivity index (χ3v) is 6.05. The number of nitrogens with one attached hydrogen (secondary N) is 1. The molecule has 8 heteroatoms. The van der Waals surface area contributed by atoms with Crippen LogP contribution < -0.4 is 9.62 Å². The van der Waals surface area contributed by atoms with Crippen molar-refractivity contribution in [2.45, 2.75) is 19.4 Å². The summed E-state index contributed by atoms with van der Waals surface area (Å²) in [6, 6.07) is 21.1. The van der Waals surface area contributed by atoms with Crippen molar-refractivity contribution >= 4 is 39.5 Å². The number of rotatable bonds is 7. The summed E-state index contributed by atoms with van der Waals surface area (Å²) in [6.07, 6.45) is 2.07. The molecule has 6 nitrogen and oxygen atoms in total. The highest BCUT2D eigenvalue weighted by Crippen LogP contribution is 2.34. The van der Waals surface area contributed by atoms with E-state index in [-0.39, 0.29) is 11.3 Å². The zero-order chi connectivity index (χ0) is 23.4. The first-order valence-corrected chi connectivity index (χ1v) is 11.5. The molecule has 3 aromatic carbocycles. The van der Waals surface area contributed by atoms with Crippen LogP contribution in [0.25, 0.3) is 10.9 Å². The Kier molecular flexibility index (Phi) is 6.76. The molecule has 2 atom stereocenters. The van der Waals surface area contributed by atoms with Crippen molar-refractivity contribution in [3.63, 3.8) is 0 Å². The Morgan fingerprint density at radius 3 is 2.48 bits per heavy atom. The average Bonchev–Trinajstić information content (AvgIpc) is 2.83. The number of carbonyl (C=O) groups is 1. The Balaban J connectivity index is 1.76. The van der Waals surface area contributed by atoms with Gasteiger partial charge in [-0.05, 0) is 36.8 Å². The van der Waals surface area contributed by atoms with Crippen LogP contribution in [0.15, 0.2) is 85.1 Å². The molecule has 1 amide bonds. The van der Waals surface area contributed by atoms with E-state index in [1.807, 2.05) is 19.1 Å². The Bertz CT molecular complexity index is 1330. The number of para-hydroxylation sites is 2. The molecule has 0 bridgehead atoms. The van der Waals surface area contributed by atoms with E-state index in [1.165, 1.54) is 6.07 Å². The smallest absolute Gasteiger partial charge is 0.266 e. The number of anilines is 2. The zero-order valence-electron chi connectivity index (χ0n) is 17.8. The summed E-state index contributed by atoms with van der Waals surface area (Å²) in [5.41, 5.74) is 1.71. The van der Waals surface area contributed by atoms with Gasteiger partial charge in [0, 0.05) is 17.1 Å². The van der Waals surface area contributed by atoms with E-state index in [2.05, 4.69) is 10.3 Å². The summed E-state index contributed by atoms with van der Waals surface area (Å²) in [5, 5.41) is 3.65. The fourth-order valence-electron chi connectivity index (χ4n) is 3.79. The van der Waals surface area contributed by atoms with E-state index in [0.29, 0.717) is 23.2 Å². The van der Waals surface area contributed by atoms with Crippen molar-refractivity contribution in [1.82, 2.24) is 10.3 Å². The molecule has 0 aliphatic heterocycles. The molecule has 0 aliphatic rings. The topological polar surface area (TPSA) is 82.5 Å². The second kappa shape index (κ2) is 9.89. The Labute approximate surface area is 193 Å². The summed E-state index contributed by atoms with van der Waals surface area (Å²) in [4.78, 5) is 17.7. The van der Waals surface area contributed by atoms with Crippen LogP contribution >= 0.6 is 0 Å². The molecule has 0 saturated carbocycles. The first-order chi connectivity index (χ1) is 16.0. The third-order valence-electron chi connectivity index (χ3n) is 5.35. The molecule has 4 rings (SSSR count). The standard InChI is InChI=1S/C25H22FN3O3S/c1-2-21(18-11-3-5-13-20(18)26)28-25(30)19-12-4-6-14-22(19)29(33(31)32)23-15-7-9-17-10-8-16-27-24(17)23/h3-16,21H,2H2,1H3,(H,28,30)(H,31,32). The Morgan fingerprint density at radius 2 is 1.73 bits per heavy atom. The summed E-state index contributed by atoms with van der Waals surface area (Å²) >= 11 is -2.49. The SMILES string of the molecule is CCC(NC(=O)c1ccccc1N(c1cccc2cccnc12)S(=O)O)c1ccccc1F. The van der Waals surface area contributed by atoms with Crippen molar-refractivity contribution in [3.8, 4) is 0 Å². The maximum absolute atomic E-state index is 14.3. The number of nitrogens with zero attached hydrogens (tertiary/aromatic N) is 2. The fourth-order valence-corrected chi connectivity index (χ4v) is 4.43. The summed E-state index contributed by atoms with van der Waals surface area (Å²) < 4.78 is 38.2. The molecule has 1 aromatic heterocycles. The van der Waals surface area contributed by atoms with E-state index >= 15 is 0 Å². The lowest BCUT2D eigenvalue weighted by atomic mass is 10.0. The second-order valence-corrected chi connectivity index (χ2v) is 8.18. The highest BCUT2D eigenvalue weighted by molar-refractivity contribution is 7.81. The first-order valence-electron chi connectivity index (χ1n) is 10.4. The lowest BCUT2D eigenvalue weighted by molar-refractivity contribution is 0.0935. The van der Waals surface area contributed by atoms with Crippen LogP contribution in [0.5, 0.6) is 0 Å². The van der Waals surface area contributed by atoms with Gasteiger partial charge in [-0.2, -0.15) is 0 Å². The molecule has 0 spiro atoms. The van der Waals surface area contributed by atoms with E-state index in [0.717, 1.165) is 9.69 Å². The van der Waals surface area contributed by atoms with Gasteiger partial charge >= 0.3 is 0 Å². The predicted molar refractivity (Wildman–Crippen MR) is 128 cm³/mol. The highest BCUT2D eigenvalue weighted by Gasteiger charge is 2.25. The number of amides is 1. The molecule has 0 aliphatic carbocycles. The van der Waals surface area contributed by atoms with E-state index in [4.69, 9.17) is 0 Å². The number of carbonyl (C=O) groups excluding carboxylic acids is 1. The van der Waals surface area contributed by atoms with Gasteiger partial charge in [0.15, 0.2) is 0 Å². The van der Waals surface area contributed by atoms with E-state index in [1.54, 1.807) is 66.9 Å². The number of benzene rings is 3. The zero-order valence-corrected chi connectivity index (χ0v) is 18.6. The molecule has 2 N–H and O–H groups in total. The molecule has 0 radical (unpaired) electrons. The van der Waals surface area contributed by atoms with Gasteiger partial charge in [-0.15, -0.1) is 0 Å². The monoisotopic (exact) mass is 463 g/mol. The van der Waals surface area contributed by atoms with Crippen molar-refractivity contribution < 1.29 is 17.9 Å². The van der Waals surface area contributed by atoms with Gasteiger partial charge in [0.1, 0.15) is 5.82 Å². The van der Waals surface area contributed by atoms with E-state index < -0.39 is 29.0 Å². The lowest BCUT2D eigenvalue weighted by Gasteiger charge is -2.24. The first kappa shape index (κ1) is 22.6. The van der Waals surface area contributed by atoms with Crippen LogP contribution in [0.3, 0.4) is 0 Å². The van der Waals surface area contributed by atoms with Gasteiger partial charge in [0.2, 0.25) is 0 Å². The van der Waals surface area contributed by atoms with Crippen LogP contribution in [0.4, 0.5) is 15.8 Å². The molecular weight excluding hydrogens is 441 g/mol. The minimum absolute atomic E-state index is 0.183. The number of aromatic nitrogens is 1. The van der Waals surface area contributed by atoms with E-state index in [9.17, 15) is 17.9 Å². The van der Waals surface area contributed by atoms with Gasteiger partial charge in [-0.1, -0.05) is 55.5 Å². The molecule has 2 unspecified atom stereocenters. The summed E-state index contributed by atoms with van der Waals surface area (Å²) in [7, 11) is 0. The quantitative estimate of drug-likeness (QED) is 0.353. The van der Waals surface area contributed by atoms with Crippen molar-refractivity contribution in [1.29, 1.82) is 0 Å². The minimum atomic E-state index is -2.49. The number of pyridine rings is 1. The highest BCUT2D eigenvalue weighted by atomic mass is 32.2. The predicted octanol–water partition coefficient (Wildman–Crippen LogP) is 5.53. The lowest BCUT2D eigenvalue weighted by Crippen LogP contribution is -2.31. The third kappa shape index (κ3) is 4.62. The maximum atomic E-state index is 14.3. The number of hydrogen-bond acceptors (Lipinski definition) is 3. The molecule has 0 fully saturated rings. The maximum Gasteiger partial charge on any atom is 0.266 e. The van der Waals surface area contributed by atoms with Crippen LogP contribution in [-0.4, -0.2) is 19.7 Å². The van der Waals surface area contributed by atoms with Crippen molar-refractivity contribution in [3.05, 3.63) is 102 Å². The Hall–Kier alpha value is -3.62. The van der Waals surface area contributed by atoms with Crippen molar-refractivity contribution in [2.75, 3.05) is 4.31 Å². The van der Waals surface area contributed by atoms with Gasteiger partial charge in [0.25, 0.3) is 17.2 Å². The van der Waals surface area contributed by atoms with Crippen LogP contribution in [-0.2, 0) is 11.3 Å². The molecular formula is C25H22FN3O3S. The summed E-state index contributed by atoms with van der Waals surface area (Å²) in [6.45, 7) is 1.85. The van der Waals surface area contributed by atoms with Crippen LogP contribution in [0.2, 0.25) is 0 Å².